The Hall–Kier alpha value is -2.17. The molecule has 0 spiro atoms. The minimum Gasteiger partial charge on any atom is -0.512 e. The second-order valence-corrected chi connectivity index (χ2v) is 3.32. The van der Waals surface area contributed by atoms with Gasteiger partial charge in [-0.05, 0) is 31.5 Å². The van der Waals surface area contributed by atoms with Crippen LogP contribution in [0.3, 0.4) is 0 Å². The second kappa shape index (κ2) is 4.57. The third-order valence-corrected chi connectivity index (χ3v) is 2.08. The van der Waals surface area contributed by atoms with Crippen molar-refractivity contribution in [1.82, 2.24) is 0 Å². The molecule has 0 radical (unpaired) electrons. The Morgan fingerprint density at radius 2 is 1.75 bits per heavy atom. The summed E-state index contributed by atoms with van der Waals surface area (Å²) in [5.74, 6) is -0.379. The van der Waals surface area contributed by atoms with E-state index in [1.54, 1.807) is 0 Å². The highest BCUT2D eigenvalue weighted by atomic mass is 16.6. The van der Waals surface area contributed by atoms with Crippen LogP contribution in [0.2, 0.25) is 0 Å². The molecule has 0 aliphatic rings. The minimum absolute atomic E-state index is 0.0535. The monoisotopic (exact) mass is 221 g/mol. The summed E-state index contributed by atoms with van der Waals surface area (Å²) in [7, 11) is 0. The molecule has 0 atom stereocenters. The highest BCUT2D eigenvalue weighted by Crippen LogP contribution is 2.21. The van der Waals surface area contributed by atoms with Crippen LogP contribution in [0.25, 0.3) is 5.57 Å². The number of hydrogen-bond acceptors (Lipinski definition) is 4. The highest BCUT2D eigenvalue weighted by Gasteiger charge is 2.12. The zero-order valence-electron chi connectivity index (χ0n) is 8.93. The van der Waals surface area contributed by atoms with Crippen LogP contribution in [-0.4, -0.2) is 15.8 Å². The van der Waals surface area contributed by atoms with Gasteiger partial charge in [-0.1, -0.05) is 0 Å². The number of nitrogens with zero attached hydrogens (tertiary/aromatic N) is 1. The molecule has 0 aliphatic heterocycles. The van der Waals surface area contributed by atoms with Crippen molar-refractivity contribution in [2.24, 2.45) is 0 Å². The van der Waals surface area contributed by atoms with E-state index in [1.165, 1.54) is 38.1 Å². The number of rotatable bonds is 3. The number of ketones is 1. The second-order valence-electron chi connectivity index (χ2n) is 3.32. The molecule has 1 N–H and O–H groups in total. The van der Waals surface area contributed by atoms with Gasteiger partial charge in [0.25, 0.3) is 5.69 Å². The van der Waals surface area contributed by atoms with Gasteiger partial charge in [-0.2, -0.15) is 0 Å². The molecule has 0 saturated carbocycles. The average molecular weight is 221 g/mol. The first-order valence-electron chi connectivity index (χ1n) is 4.59. The molecule has 0 unspecified atom stereocenters. The number of allylic oxidation sites excluding steroid dienone is 2. The molecular formula is C11H11NO4. The van der Waals surface area contributed by atoms with E-state index in [9.17, 15) is 20.0 Å². The fourth-order valence-corrected chi connectivity index (χ4v) is 1.42. The molecule has 1 rings (SSSR count). The number of carbonyl (C=O) groups is 1. The molecule has 0 aliphatic carbocycles. The first kappa shape index (κ1) is 11.9. The van der Waals surface area contributed by atoms with Gasteiger partial charge in [-0.25, -0.2) is 0 Å². The Balaban J connectivity index is 3.20. The van der Waals surface area contributed by atoms with Crippen LogP contribution in [-0.2, 0) is 4.79 Å². The Morgan fingerprint density at radius 1 is 1.25 bits per heavy atom. The number of nitro groups is 1. The molecule has 16 heavy (non-hydrogen) atoms. The Morgan fingerprint density at radius 3 is 2.06 bits per heavy atom. The van der Waals surface area contributed by atoms with E-state index in [-0.39, 0.29) is 22.8 Å². The summed E-state index contributed by atoms with van der Waals surface area (Å²) >= 11 is 0. The van der Waals surface area contributed by atoms with Gasteiger partial charge >= 0.3 is 0 Å². The number of hydrogen-bond donors (Lipinski definition) is 1. The molecule has 84 valence electrons. The van der Waals surface area contributed by atoms with E-state index < -0.39 is 4.92 Å². The lowest BCUT2D eigenvalue weighted by molar-refractivity contribution is -0.384. The number of benzene rings is 1. The number of non-ortho nitro benzene ring substituents is 1. The van der Waals surface area contributed by atoms with Crippen LogP contribution >= 0.6 is 0 Å². The zero-order chi connectivity index (χ0) is 12.3. The van der Waals surface area contributed by atoms with Gasteiger partial charge in [0.1, 0.15) is 5.76 Å². The van der Waals surface area contributed by atoms with Crippen molar-refractivity contribution in [3.8, 4) is 0 Å². The van der Waals surface area contributed by atoms with Crippen molar-refractivity contribution >= 4 is 17.0 Å². The van der Waals surface area contributed by atoms with Gasteiger partial charge in [-0.3, -0.25) is 14.9 Å². The number of aliphatic hydroxyl groups excluding tert-OH is 1. The van der Waals surface area contributed by atoms with Crippen LogP contribution in [0.5, 0.6) is 0 Å². The lowest BCUT2D eigenvalue weighted by Gasteiger charge is -2.04. The highest BCUT2D eigenvalue weighted by molar-refractivity contribution is 6.20. The van der Waals surface area contributed by atoms with Crippen LogP contribution in [0.15, 0.2) is 30.0 Å². The third-order valence-electron chi connectivity index (χ3n) is 2.08. The quantitative estimate of drug-likeness (QED) is 0.368. The molecule has 1 aromatic carbocycles. The summed E-state index contributed by atoms with van der Waals surface area (Å²) in [6.07, 6.45) is 0. The van der Waals surface area contributed by atoms with Crippen molar-refractivity contribution < 1.29 is 14.8 Å². The van der Waals surface area contributed by atoms with E-state index in [0.29, 0.717) is 5.56 Å². The van der Waals surface area contributed by atoms with Crippen LogP contribution in [0.1, 0.15) is 19.4 Å². The van der Waals surface area contributed by atoms with Gasteiger partial charge in [0.05, 0.1) is 10.5 Å². The molecular weight excluding hydrogens is 210 g/mol. The summed E-state index contributed by atoms with van der Waals surface area (Å²) in [6, 6.07) is 5.46. The molecule has 5 heteroatoms. The number of Topliss-reactive ketones (excluding diaryl/α,β-unsaturated/α-hetero) is 1. The number of carbonyl (C=O) groups excluding carboxylic acids is 1. The average Bonchev–Trinajstić information content (AvgIpc) is 2.17. The molecule has 0 aromatic heterocycles. The molecule has 0 fully saturated rings. The minimum atomic E-state index is -0.521. The predicted molar refractivity (Wildman–Crippen MR) is 59.0 cm³/mol. The summed E-state index contributed by atoms with van der Waals surface area (Å²) in [5, 5.41) is 19.8. The smallest absolute Gasteiger partial charge is 0.269 e. The summed E-state index contributed by atoms with van der Waals surface area (Å²) in [5.41, 5.74) is 0.593. The Kier molecular flexibility index (Phi) is 3.40. The van der Waals surface area contributed by atoms with Gasteiger partial charge in [-0.15, -0.1) is 0 Å². The molecule has 1 aromatic rings. The van der Waals surface area contributed by atoms with Crippen LogP contribution < -0.4 is 0 Å². The molecule has 0 heterocycles. The zero-order valence-corrected chi connectivity index (χ0v) is 8.93. The van der Waals surface area contributed by atoms with Gasteiger partial charge in [0, 0.05) is 12.1 Å². The summed E-state index contributed by atoms with van der Waals surface area (Å²) < 4.78 is 0. The van der Waals surface area contributed by atoms with Crippen molar-refractivity contribution in [2.45, 2.75) is 13.8 Å². The number of aliphatic hydroxyl groups is 1. The Labute approximate surface area is 92.2 Å². The van der Waals surface area contributed by atoms with E-state index >= 15 is 0 Å². The van der Waals surface area contributed by atoms with E-state index in [0.717, 1.165) is 0 Å². The standard InChI is InChI=1S/C11H11NO4/c1-7(13)11(8(2)14)9-3-5-10(6-4-9)12(15)16/h3-6,13H,1-2H3/b11-7-. The van der Waals surface area contributed by atoms with E-state index in [1.807, 2.05) is 0 Å². The molecule has 5 nitrogen and oxygen atoms in total. The number of nitro benzene ring substituents is 1. The van der Waals surface area contributed by atoms with Crippen molar-refractivity contribution in [1.29, 1.82) is 0 Å². The third kappa shape index (κ3) is 2.44. The lowest BCUT2D eigenvalue weighted by Crippen LogP contribution is -1.99. The first-order chi connectivity index (χ1) is 7.43. The first-order valence-corrected chi connectivity index (χ1v) is 4.59. The lowest BCUT2D eigenvalue weighted by atomic mass is 10.0. The van der Waals surface area contributed by atoms with Crippen LogP contribution in [0.4, 0.5) is 5.69 Å². The van der Waals surface area contributed by atoms with E-state index in [2.05, 4.69) is 0 Å². The SMILES string of the molecule is CC(=O)/C(=C(\C)O)c1ccc([N+](=O)[O-])cc1. The fourth-order valence-electron chi connectivity index (χ4n) is 1.42. The van der Waals surface area contributed by atoms with Gasteiger partial charge in [0.15, 0.2) is 5.78 Å². The summed E-state index contributed by atoms with van der Waals surface area (Å²) in [4.78, 5) is 21.2. The van der Waals surface area contributed by atoms with Gasteiger partial charge in [0.2, 0.25) is 0 Å². The van der Waals surface area contributed by atoms with E-state index in [4.69, 9.17) is 0 Å². The molecule has 0 bridgehead atoms. The molecule has 0 amide bonds. The topological polar surface area (TPSA) is 80.4 Å². The predicted octanol–water partition coefficient (Wildman–Crippen LogP) is 2.47. The van der Waals surface area contributed by atoms with Crippen molar-refractivity contribution in [3.05, 3.63) is 45.7 Å². The van der Waals surface area contributed by atoms with Gasteiger partial charge < -0.3 is 5.11 Å². The fraction of sp³-hybridized carbons (Fsp3) is 0.182. The Bertz CT molecular complexity index is 455. The molecule has 0 saturated heterocycles. The van der Waals surface area contributed by atoms with Crippen molar-refractivity contribution in [2.75, 3.05) is 0 Å². The maximum Gasteiger partial charge on any atom is 0.269 e. The summed E-state index contributed by atoms with van der Waals surface area (Å²) in [6.45, 7) is 2.73. The van der Waals surface area contributed by atoms with Crippen molar-refractivity contribution in [3.63, 3.8) is 0 Å². The normalized spacial score (nSPS) is 11.9. The van der Waals surface area contributed by atoms with Crippen LogP contribution in [0, 0.1) is 10.1 Å². The maximum absolute atomic E-state index is 11.3. The maximum atomic E-state index is 11.3. The largest absolute Gasteiger partial charge is 0.512 e.